The normalized spacial score (nSPS) is 11.3. The number of benzene rings is 12. The Bertz CT molecular complexity index is 6290. The summed E-state index contributed by atoms with van der Waals surface area (Å²) in [6.45, 7) is 0. The zero-order valence-electron chi connectivity index (χ0n) is 54.3. The lowest BCUT2D eigenvalue weighted by Gasteiger charge is -2.10. The molecule has 0 atom stereocenters. The van der Waals surface area contributed by atoms with Gasteiger partial charge in [0.25, 0.3) is 0 Å². The van der Waals surface area contributed by atoms with Crippen LogP contribution in [0.3, 0.4) is 0 Å². The van der Waals surface area contributed by atoms with Crippen molar-refractivity contribution in [2.24, 2.45) is 0 Å². The highest BCUT2D eigenvalue weighted by molar-refractivity contribution is 6.35. The Morgan fingerprint density at radius 1 is 0.269 bits per heavy atom. The van der Waals surface area contributed by atoms with Gasteiger partial charge in [-0.15, -0.1) is 0 Å². The maximum Gasteiger partial charge on any atom is 0.416 e. The molecule has 0 unspecified atom stereocenters. The molecule has 20 nitrogen and oxygen atoms in total. The Hall–Kier alpha value is -14.2. The molecule has 4 aromatic heterocycles. The minimum absolute atomic E-state index is 0.00206. The number of carboxylic acid groups (broad SMARTS) is 8. The van der Waals surface area contributed by atoms with Crippen molar-refractivity contribution >= 4 is 159 Å². The maximum absolute atomic E-state index is 13.7. The highest BCUT2D eigenvalue weighted by Gasteiger charge is 2.32. The lowest BCUT2D eigenvalue weighted by molar-refractivity contribution is -0.137. The first-order valence-electron chi connectivity index (χ1n) is 31.4. The summed E-state index contributed by atoms with van der Waals surface area (Å²) in [6, 6.07) is 51.7. The Balaban J connectivity index is 0.000000127. The molecule has 4 heterocycles. The zero-order chi connectivity index (χ0) is 77.1. The van der Waals surface area contributed by atoms with Crippen LogP contribution in [0.25, 0.3) is 132 Å². The molecule has 108 heavy (non-hydrogen) atoms. The molecule has 0 aliphatic rings. The van der Waals surface area contributed by atoms with Gasteiger partial charge in [0.05, 0.1) is 5.56 Å². The van der Waals surface area contributed by atoms with Gasteiger partial charge in [-0.05, 0) is 136 Å². The fourth-order valence-electron chi connectivity index (χ4n) is 12.8. The number of para-hydroxylation sites is 4. The lowest BCUT2D eigenvalue weighted by Crippen LogP contribution is -2.04. The minimum Gasteiger partial charge on any atom is -0.478 e. The second-order valence-electron chi connectivity index (χ2n) is 23.8. The summed E-state index contributed by atoms with van der Waals surface area (Å²) in [5.74, 6) is -11.3. The third kappa shape index (κ3) is 13.4. The van der Waals surface area contributed by atoms with E-state index in [0.717, 1.165) is 41.5 Å². The van der Waals surface area contributed by atoms with Gasteiger partial charge < -0.3 is 58.5 Å². The van der Waals surface area contributed by atoms with E-state index in [-0.39, 0.29) is 111 Å². The Labute approximate surface area is 609 Å². The summed E-state index contributed by atoms with van der Waals surface area (Å²) in [6.07, 6.45) is -4.55. The summed E-state index contributed by atoms with van der Waals surface area (Å²) >= 11 is 12.2. The molecule has 8 N–H and O–H groups in total. The first kappa shape index (κ1) is 72.2. The lowest BCUT2D eigenvalue weighted by atomic mass is 9.95. The molecule has 16 rings (SSSR count). The van der Waals surface area contributed by atoms with Crippen molar-refractivity contribution in [1.82, 2.24) is 0 Å². The highest BCUT2D eigenvalue weighted by Crippen LogP contribution is 2.46. The summed E-state index contributed by atoms with van der Waals surface area (Å²) in [7, 11) is 0. The van der Waals surface area contributed by atoms with Gasteiger partial charge >= 0.3 is 53.9 Å². The summed E-state index contributed by atoms with van der Waals surface area (Å²) in [5.41, 5.74) is 2.68. The van der Waals surface area contributed by atoms with Gasteiger partial charge in [0.1, 0.15) is 78.5 Å². The average molecular weight is 1500 g/mol. The van der Waals surface area contributed by atoms with E-state index in [1.807, 2.05) is 30.3 Å². The van der Waals surface area contributed by atoms with Crippen molar-refractivity contribution in [3.05, 3.63) is 284 Å². The first-order valence-corrected chi connectivity index (χ1v) is 32.2. The number of furan rings is 4. The number of halogens is 7. The number of hydrogen-bond donors (Lipinski definition) is 8. The van der Waals surface area contributed by atoms with Crippen LogP contribution in [0.5, 0.6) is 0 Å². The molecule has 0 amide bonds. The molecule has 0 spiro atoms. The van der Waals surface area contributed by atoms with Crippen molar-refractivity contribution in [3.63, 3.8) is 0 Å². The van der Waals surface area contributed by atoms with E-state index in [1.165, 1.54) is 91.0 Å². The third-order valence-electron chi connectivity index (χ3n) is 17.4. The molecular formula is C81H43Cl2F5O20. The summed E-state index contributed by atoms with van der Waals surface area (Å²) < 4.78 is 89.5. The van der Waals surface area contributed by atoms with Gasteiger partial charge in [0.15, 0.2) is 22.3 Å². The number of fused-ring (bicyclic) bond motifs is 12. The van der Waals surface area contributed by atoms with Crippen molar-refractivity contribution < 1.29 is 119 Å². The van der Waals surface area contributed by atoms with E-state index in [1.54, 1.807) is 60.7 Å². The van der Waals surface area contributed by atoms with Gasteiger partial charge in [0.2, 0.25) is 0 Å². The zero-order valence-corrected chi connectivity index (χ0v) is 55.8. The van der Waals surface area contributed by atoms with Gasteiger partial charge in [-0.25, -0.2) is 47.1 Å². The quantitative estimate of drug-likeness (QED) is 0.0527. The van der Waals surface area contributed by atoms with Crippen LogP contribution < -0.4 is 0 Å². The fraction of sp³-hybridized carbons (Fsp3) is 0.0123. The third-order valence-corrected chi connectivity index (χ3v) is 17.8. The van der Waals surface area contributed by atoms with E-state index in [4.69, 9.17) is 40.9 Å². The second kappa shape index (κ2) is 28.5. The van der Waals surface area contributed by atoms with Crippen LogP contribution >= 0.6 is 23.2 Å². The average Bonchev–Trinajstić information content (AvgIpc) is 1.60. The monoisotopic (exact) mass is 1500 g/mol. The van der Waals surface area contributed by atoms with Crippen LogP contribution in [-0.4, -0.2) is 88.6 Å². The van der Waals surface area contributed by atoms with Gasteiger partial charge in [-0.3, -0.25) is 0 Å². The Morgan fingerprint density at radius 3 is 0.843 bits per heavy atom. The van der Waals surface area contributed by atoms with Crippen LogP contribution in [0, 0.1) is 11.6 Å². The molecule has 12 aromatic carbocycles. The number of carboxylic acids is 8. The molecule has 0 saturated carbocycles. The van der Waals surface area contributed by atoms with Crippen molar-refractivity contribution in [1.29, 1.82) is 0 Å². The summed E-state index contributed by atoms with van der Waals surface area (Å²) in [5, 5.41) is 79.7. The van der Waals surface area contributed by atoms with Gasteiger partial charge in [0, 0.05) is 59.2 Å². The molecule has 0 saturated heterocycles. The van der Waals surface area contributed by atoms with Crippen LogP contribution in [0.2, 0.25) is 10.0 Å². The van der Waals surface area contributed by atoms with Crippen LogP contribution in [0.15, 0.2) is 230 Å². The van der Waals surface area contributed by atoms with Gasteiger partial charge in [-0.1, -0.05) is 138 Å². The molecule has 0 aliphatic carbocycles. The van der Waals surface area contributed by atoms with Crippen LogP contribution in [-0.2, 0) is 6.18 Å². The molecule has 0 radical (unpaired) electrons. The van der Waals surface area contributed by atoms with E-state index in [0.29, 0.717) is 64.6 Å². The number of carbonyl (C=O) groups is 8. The predicted molar refractivity (Wildman–Crippen MR) is 387 cm³/mol. The highest BCUT2D eigenvalue weighted by atomic mass is 35.5. The first-order chi connectivity index (χ1) is 51.5. The second-order valence-corrected chi connectivity index (χ2v) is 24.7. The van der Waals surface area contributed by atoms with E-state index in [9.17, 15) is 101 Å². The summed E-state index contributed by atoms with van der Waals surface area (Å²) in [4.78, 5) is 92.5. The van der Waals surface area contributed by atoms with Crippen LogP contribution in [0.1, 0.15) is 88.4 Å². The SMILES string of the molecule is O=C(O)c1cccc2c1oc1c(C(=O)O)ccc(-c3cc(Cl)cc(Cl)c3)c12.O=C(O)c1cccc2c1oc1c(C(=O)O)ccc(-c3cc(F)cc(F)c3)c12.O=C(O)c1cccc2c1oc1c(C(=O)O)ccc(-c3cccc(C(F)(F)F)c3)c12.O=C(O)c1cccc2c1oc1c(C(=O)O)ccc(-c3ccccc3)c12. The molecule has 0 bridgehead atoms. The van der Waals surface area contributed by atoms with Crippen LogP contribution in [0.4, 0.5) is 22.0 Å². The molecule has 27 heteroatoms. The number of rotatable bonds is 12. The molecule has 16 aromatic rings. The van der Waals surface area contributed by atoms with Gasteiger partial charge in [-0.2, -0.15) is 13.2 Å². The van der Waals surface area contributed by atoms with Crippen molar-refractivity contribution in [3.8, 4) is 44.5 Å². The van der Waals surface area contributed by atoms with E-state index < -0.39 is 71.1 Å². The van der Waals surface area contributed by atoms with Crippen molar-refractivity contribution in [2.75, 3.05) is 0 Å². The molecule has 536 valence electrons. The minimum atomic E-state index is -4.55. The Kier molecular flexibility index (Phi) is 19.0. The smallest absolute Gasteiger partial charge is 0.416 e. The number of hydrogen-bond acceptors (Lipinski definition) is 12. The fourth-order valence-corrected chi connectivity index (χ4v) is 13.3. The topological polar surface area (TPSA) is 351 Å². The standard InChI is InChI=1S/C21H11F3O5.C20H10Cl2O5.C20H10F2O5.C20H12O5/c22-21(23,24)11-4-1-3-10(9-11)12-7-8-15(20(27)28)18-16(12)13-5-2-6-14(19(25)26)17(13)29-18;2*21-10-6-9(7-11(22)8-10)12-4-5-15(20(25)26)18-16(12)13-2-1-3-14(19(23)24)17(13)27-18;21-19(22)14-8-4-7-13-16-12(11-5-2-1-3-6-11)9-10-15(20(23)24)18(16)25-17(13)14/h1-9H,(H,25,26)(H,27,28);2*1-8H,(H,23,24)(H,25,26);1-10H,(H,21,22)(H,23,24). The maximum atomic E-state index is 13.7. The predicted octanol–water partition coefficient (Wildman–Crippen LogP) is 21.2. The van der Waals surface area contributed by atoms with E-state index in [2.05, 4.69) is 0 Å². The van der Waals surface area contributed by atoms with Crippen molar-refractivity contribution in [2.45, 2.75) is 6.18 Å². The largest absolute Gasteiger partial charge is 0.478 e. The molecule has 0 aliphatic heterocycles. The molecular weight excluding hydrogens is 1460 g/mol. The number of aromatic carboxylic acids is 8. The Morgan fingerprint density at radius 2 is 0.537 bits per heavy atom. The molecule has 0 fully saturated rings. The number of alkyl halides is 3. The van der Waals surface area contributed by atoms with E-state index >= 15 is 0 Å².